The Morgan fingerprint density at radius 2 is 1.96 bits per heavy atom. The Kier molecular flexibility index (Phi) is 4.71. The molecule has 0 saturated heterocycles. The molecule has 3 rings (SSSR count). The molecule has 2 atom stereocenters. The monoisotopic (exact) mass is 344 g/mol. The molecule has 2 amide bonds. The van der Waals surface area contributed by atoms with Gasteiger partial charge < -0.3 is 15.4 Å². The summed E-state index contributed by atoms with van der Waals surface area (Å²) in [6, 6.07) is 14.2. The minimum atomic E-state index is -0.836. The Morgan fingerprint density at radius 1 is 1.25 bits per heavy atom. The van der Waals surface area contributed by atoms with Crippen molar-refractivity contribution in [3.63, 3.8) is 0 Å². The molecule has 0 spiro atoms. The van der Waals surface area contributed by atoms with Gasteiger partial charge in [-0.25, -0.2) is 0 Å². The van der Waals surface area contributed by atoms with E-state index in [1.165, 1.54) is 0 Å². The average Bonchev–Trinajstić information content (AvgIpc) is 2.56. The van der Waals surface area contributed by atoms with Crippen molar-refractivity contribution in [1.82, 2.24) is 5.32 Å². The van der Waals surface area contributed by atoms with Gasteiger partial charge >= 0.3 is 0 Å². The van der Waals surface area contributed by atoms with E-state index in [1.807, 2.05) is 31.2 Å². The van der Waals surface area contributed by atoms with Crippen LogP contribution in [0.15, 0.2) is 48.5 Å². The second-order valence-electron chi connectivity index (χ2n) is 5.64. The van der Waals surface area contributed by atoms with Gasteiger partial charge in [0.15, 0.2) is 6.10 Å². The molecule has 1 aliphatic rings. The number of para-hydroxylation sites is 2. The van der Waals surface area contributed by atoms with Crippen molar-refractivity contribution >= 4 is 29.1 Å². The standard InChI is InChI=1S/C18H17ClN2O3/c1-11(12-6-8-13(19)9-7-12)20-17(22)10-16-18(23)21-14-4-2-3-5-15(14)24-16/h2-9,11,16H,10H2,1H3,(H,20,22)(H,21,23)/t11-,16+/m0/s1. The van der Waals surface area contributed by atoms with E-state index < -0.39 is 6.10 Å². The molecule has 0 radical (unpaired) electrons. The Morgan fingerprint density at radius 3 is 2.71 bits per heavy atom. The van der Waals surface area contributed by atoms with Crippen LogP contribution in [0.4, 0.5) is 5.69 Å². The third-order valence-electron chi connectivity index (χ3n) is 3.82. The zero-order valence-electron chi connectivity index (χ0n) is 13.1. The smallest absolute Gasteiger partial charge is 0.266 e. The molecule has 1 aliphatic heterocycles. The highest BCUT2D eigenvalue weighted by molar-refractivity contribution is 6.30. The van der Waals surface area contributed by atoms with E-state index in [2.05, 4.69) is 10.6 Å². The number of benzene rings is 2. The summed E-state index contributed by atoms with van der Waals surface area (Å²) in [5, 5.41) is 6.26. The number of carbonyl (C=O) groups excluding carboxylic acids is 2. The van der Waals surface area contributed by atoms with Crippen LogP contribution in [0.2, 0.25) is 5.02 Å². The van der Waals surface area contributed by atoms with Crippen LogP contribution < -0.4 is 15.4 Å². The summed E-state index contributed by atoms with van der Waals surface area (Å²) in [7, 11) is 0. The number of fused-ring (bicyclic) bond motifs is 1. The first-order valence-electron chi connectivity index (χ1n) is 7.64. The van der Waals surface area contributed by atoms with Gasteiger partial charge in [0.1, 0.15) is 5.75 Å². The third kappa shape index (κ3) is 3.68. The van der Waals surface area contributed by atoms with E-state index in [0.29, 0.717) is 16.5 Å². The van der Waals surface area contributed by atoms with Crippen molar-refractivity contribution in [2.45, 2.75) is 25.5 Å². The predicted molar refractivity (Wildman–Crippen MR) is 92.1 cm³/mol. The first-order chi connectivity index (χ1) is 11.5. The topological polar surface area (TPSA) is 67.4 Å². The first-order valence-corrected chi connectivity index (χ1v) is 8.02. The molecular formula is C18H17ClN2O3. The number of hydrogen-bond acceptors (Lipinski definition) is 3. The maximum absolute atomic E-state index is 12.2. The minimum absolute atomic E-state index is 0.0436. The molecule has 6 heteroatoms. The number of amides is 2. The molecule has 5 nitrogen and oxygen atoms in total. The second kappa shape index (κ2) is 6.93. The van der Waals surface area contributed by atoms with Gasteiger partial charge in [-0.05, 0) is 36.8 Å². The number of hydrogen-bond donors (Lipinski definition) is 2. The van der Waals surface area contributed by atoms with Gasteiger partial charge in [-0.1, -0.05) is 35.9 Å². The molecule has 1 heterocycles. The molecule has 0 bridgehead atoms. The lowest BCUT2D eigenvalue weighted by atomic mass is 10.1. The van der Waals surface area contributed by atoms with Gasteiger partial charge in [0.25, 0.3) is 5.91 Å². The van der Waals surface area contributed by atoms with Gasteiger partial charge in [0, 0.05) is 5.02 Å². The van der Waals surface area contributed by atoms with Gasteiger partial charge in [0.2, 0.25) is 5.91 Å². The van der Waals surface area contributed by atoms with Crippen LogP contribution in [-0.4, -0.2) is 17.9 Å². The Balaban J connectivity index is 1.61. The first kappa shape index (κ1) is 16.3. The molecule has 2 aromatic carbocycles. The minimum Gasteiger partial charge on any atom is -0.478 e. The molecule has 0 aromatic heterocycles. The molecule has 24 heavy (non-hydrogen) atoms. The van der Waals surface area contributed by atoms with Crippen LogP contribution in [0.25, 0.3) is 0 Å². The lowest BCUT2D eigenvalue weighted by Gasteiger charge is -2.25. The SMILES string of the molecule is C[C@H](NC(=O)C[C@H]1Oc2ccccc2NC1=O)c1ccc(Cl)cc1. The Bertz CT molecular complexity index is 761. The summed E-state index contributed by atoms with van der Waals surface area (Å²) in [4.78, 5) is 24.3. The molecule has 124 valence electrons. The van der Waals surface area contributed by atoms with Crippen molar-refractivity contribution in [3.8, 4) is 5.75 Å². The van der Waals surface area contributed by atoms with Gasteiger partial charge in [-0.15, -0.1) is 0 Å². The molecule has 0 unspecified atom stereocenters. The van der Waals surface area contributed by atoms with E-state index in [1.54, 1.807) is 24.3 Å². The number of rotatable bonds is 4. The largest absolute Gasteiger partial charge is 0.478 e. The quantitative estimate of drug-likeness (QED) is 0.894. The maximum atomic E-state index is 12.2. The zero-order chi connectivity index (χ0) is 17.1. The van der Waals surface area contributed by atoms with Crippen LogP contribution in [0.5, 0.6) is 5.75 Å². The van der Waals surface area contributed by atoms with Crippen molar-refractivity contribution in [3.05, 3.63) is 59.1 Å². The van der Waals surface area contributed by atoms with Crippen molar-refractivity contribution in [2.24, 2.45) is 0 Å². The summed E-state index contributed by atoms with van der Waals surface area (Å²) < 4.78 is 5.63. The van der Waals surface area contributed by atoms with E-state index in [0.717, 1.165) is 5.56 Å². The predicted octanol–water partition coefficient (Wildman–Crippen LogP) is 3.31. The van der Waals surface area contributed by atoms with Crippen molar-refractivity contribution in [1.29, 1.82) is 0 Å². The Labute approximate surface area is 145 Å². The maximum Gasteiger partial charge on any atom is 0.266 e. The van der Waals surface area contributed by atoms with Crippen LogP contribution in [0, 0.1) is 0 Å². The number of halogens is 1. The van der Waals surface area contributed by atoms with Gasteiger partial charge in [-0.3, -0.25) is 9.59 Å². The fraction of sp³-hybridized carbons (Fsp3) is 0.222. The summed E-state index contributed by atoms with van der Waals surface area (Å²) in [5.41, 5.74) is 1.56. The van der Waals surface area contributed by atoms with Crippen LogP contribution >= 0.6 is 11.6 Å². The molecular weight excluding hydrogens is 328 g/mol. The normalized spacial score (nSPS) is 17.2. The van der Waals surface area contributed by atoms with E-state index in [-0.39, 0.29) is 24.3 Å². The second-order valence-corrected chi connectivity index (χ2v) is 6.07. The number of ether oxygens (including phenoxy) is 1. The van der Waals surface area contributed by atoms with E-state index in [4.69, 9.17) is 16.3 Å². The Hall–Kier alpha value is -2.53. The highest BCUT2D eigenvalue weighted by atomic mass is 35.5. The van der Waals surface area contributed by atoms with E-state index in [9.17, 15) is 9.59 Å². The van der Waals surface area contributed by atoms with Crippen molar-refractivity contribution in [2.75, 3.05) is 5.32 Å². The molecule has 0 aliphatic carbocycles. The summed E-state index contributed by atoms with van der Waals surface area (Å²) in [5.74, 6) is 0.000580. The van der Waals surface area contributed by atoms with Crippen LogP contribution in [0.1, 0.15) is 24.9 Å². The zero-order valence-corrected chi connectivity index (χ0v) is 13.8. The molecule has 2 N–H and O–H groups in total. The number of nitrogens with one attached hydrogen (secondary N) is 2. The highest BCUT2D eigenvalue weighted by Gasteiger charge is 2.29. The molecule has 0 fully saturated rings. The number of anilines is 1. The lowest BCUT2D eigenvalue weighted by molar-refractivity contribution is -0.130. The highest BCUT2D eigenvalue weighted by Crippen LogP contribution is 2.29. The molecule has 2 aromatic rings. The van der Waals surface area contributed by atoms with Crippen LogP contribution in [-0.2, 0) is 9.59 Å². The average molecular weight is 345 g/mol. The van der Waals surface area contributed by atoms with Crippen LogP contribution in [0.3, 0.4) is 0 Å². The van der Waals surface area contributed by atoms with E-state index >= 15 is 0 Å². The van der Waals surface area contributed by atoms with Gasteiger partial charge in [-0.2, -0.15) is 0 Å². The summed E-state index contributed by atoms with van der Waals surface area (Å²) in [6.45, 7) is 1.87. The van der Waals surface area contributed by atoms with Crippen molar-refractivity contribution < 1.29 is 14.3 Å². The summed E-state index contributed by atoms with van der Waals surface area (Å²) >= 11 is 5.86. The lowest BCUT2D eigenvalue weighted by Crippen LogP contribution is -2.41. The number of carbonyl (C=O) groups is 2. The van der Waals surface area contributed by atoms with Gasteiger partial charge in [0.05, 0.1) is 18.2 Å². The fourth-order valence-electron chi connectivity index (χ4n) is 2.53. The fourth-order valence-corrected chi connectivity index (χ4v) is 2.66. The summed E-state index contributed by atoms with van der Waals surface area (Å²) in [6.07, 6.45) is -0.879. The molecule has 0 saturated carbocycles. The third-order valence-corrected chi connectivity index (χ3v) is 4.08.